The highest BCUT2D eigenvalue weighted by Crippen LogP contribution is 2.29. The molecule has 0 unspecified atom stereocenters. The Hall–Kier alpha value is -3.39. The van der Waals surface area contributed by atoms with Crippen molar-refractivity contribution in [1.29, 1.82) is 5.26 Å². The molecule has 1 aliphatic rings. The molecule has 1 aliphatic heterocycles. The Morgan fingerprint density at radius 1 is 1.04 bits per heavy atom. The van der Waals surface area contributed by atoms with Crippen LogP contribution in [-0.2, 0) is 0 Å². The number of aromatic nitrogens is 2. The van der Waals surface area contributed by atoms with Crippen LogP contribution in [0.4, 0.5) is 10.2 Å². The molecule has 0 spiro atoms. The topological polar surface area (TPSA) is 55.7 Å². The van der Waals surface area contributed by atoms with Crippen LogP contribution in [0.1, 0.15) is 36.1 Å². The van der Waals surface area contributed by atoms with Gasteiger partial charge in [-0.05, 0) is 61.2 Å². The van der Waals surface area contributed by atoms with Crippen molar-refractivity contribution in [3.8, 4) is 17.3 Å². The van der Waals surface area contributed by atoms with Gasteiger partial charge in [0, 0.05) is 30.5 Å². The molecule has 1 N–H and O–H groups in total. The molecule has 1 fully saturated rings. The number of H-pyrrole nitrogens is 1. The minimum Gasteiger partial charge on any atom is -0.357 e. The Morgan fingerprint density at radius 2 is 1.82 bits per heavy atom. The summed E-state index contributed by atoms with van der Waals surface area (Å²) in [5, 5.41) is 9.55. The number of benzene rings is 1. The fourth-order valence-corrected chi connectivity index (χ4v) is 3.51. The maximum absolute atomic E-state index is 13.0. The molecule has 0 amide bonds. The van der Waals surface area contributed by atoms with E-state index in [0.717, 1.165) is 54.3 Å². The zero-order valence-electron chi connectivity index (χ0n) is 15.5. The number of nitrogens with one attached hydrogen (secondary N) is 1. The largest absolute Gasteiger partial charge is 0.357 e. The lowest BCUT2D eigenvalue weighted by atomic mass is 10.1. The van der Waals surface area contributed by atoms with Gasteiger partial charge in [-0.25, -0.2) is 4.39 Å². The second-order valence-electron chi connectivity index (χ2n) is 6.96. The molecular formula is C23H21FN4. The van der Waals surface area contributed by atoms with Gasteiger partial charge in [0.2, 0.25) is 0 Å². The number of nitriles is 1. The van der Waals surface area contributed by atoms with Gasteiger partial charge in [-0.3, -0.25) is 4.98 Å². The number of hydrogen-bond acceptors (Lipinski definition) is 3. The summed E-state index contributed by atoms with van der Waals surface area (Å²) >= 11 is 0. The second kappa shape index (κ2) is 8.10. The highest BCUT2D eigenvalue weighted by molar-refractivity contribution is 5.73. The molecule has 1 aromatic carbocycles. The third-order valence-electron chi connectivity index (χ3n) is 5.00. The molecular weight excluding hydrogens is 351 g/mol. The van der Waals surface area contributed by atoms with Crippen LogP contribution < -0.4 is 4.90 Å². The minimum atomic E-state index is -0.248. The van der Waals surface area contributed by atoms with Crippen molar-refractivity contribution in [2.75, 3.05) is 18.0 Å². The summed E-state index contributed by atoms with van der Waals surface area (Å²) in [6, 6.07) is 14.5. The number of halogens is 1. The van der Waals surface area contributed by atoms with Crippen molar-refractivity contribution in [3.63, 3.8) is 0 Å². The molecule has 3 aromatic rings. The Morgan fingerprint density at radius 3 is 2.57 bits per heavy atom. The SMILES string of the molecule is N#Cc1cc(-c2ccnc(C=Cc3ccc(F)cc3)c2)[nH]c1N1CCCCC1. The second-order valence-corrected chi connectivity index (χ2v) is 6.96. The molecule has 28 heavy (non-hydrogen) atoms. The van der Waals surface area contributed by atoms with Crippen LogP contribution in [0.15, 0.2) is 48.7 Å². The van der Waals surface area contributed by atoms with Crippen LogP contribution in [0.3, 0.4) is 0 Å². The van der Waals surface area contributed by atoms with Crippen LogP contribution in [-0.4, -0.2) is 23.1 Å². The predicted octanol–water partition coefficient (Wildman–Crippen LogP) is 5.25. The molecule has 5 heteroatoms. The van der Waals surface area contributed by atoms with Crippen LogP contribution in [0.5, 0.6) is 0 Å². The number of hydrogen-bond donors (Lipinski definition) is 1. The van der Waals surface area contributed by atoms with E-state index in [1.54, 1.807) is 18.3 Å². The molecule has 4 rings (SSSR count). The number of anilines is 1. The van der Waals surface area contributed by atoms with Crippen molar-refractivity contribution >= 4 is 18.0 Å². The van der Waals surface area contributed by atoms with Gasteiger partial charge in [0.15, 0.2) is 0 Å². The normalized spacial score (nSPS) is 14.4. The molecule has 2 aromatic heterocycles. The monoisotopic (exact) mass is 372 g/mol. The summed E-state index contributed by atoms with van der Waals surface area (Å²) in [7, 11) is 0. The Kier molecular flexibility index (Phi) is 5.20. The van der Waals surface area contributed by atoms with Crippen molar-refractivity contribution in [1.82, 2.24) is 9.97 Å². The molecule has 0 atom stereocenters. The zero-order chi connectivity index (χ0) is 19.3. The van der Waals surface area contributed by atoms with Gasteiger partial charge in [0.1, 0.15) is 17.7 Å². The highest BCUT2D eigenvalue weighted by atomic mass is 19.1. The average Bonchev–Trinajstić information content (AvgIpc) is 3.19. The van der Waals surface area contributed by atoms with E-state index in [1.165, 1.54) is 18.6 Å². The summed E-state index contributed by atoms with van der Waals surface area (Å²) in [5.41, 5.74) is 4.28. The Labute approximate surface area is 164 Å². The molecule has 140 valence electrons. The van der Waals surface area contributed by atoms with Gasteiger partial charge in [-0.1, -0.05) is 18.2 Å². The first kappa shape index (κ1) is 18.0. The molecule has 1 saturated heterocycles. The lowest BCUT2D eigenvalue weighted by Crippen LogP contribution is -2.30. The number of pyridine rings is 1. The smallest absolute Gasteiger partial charge is 0.124 e. The van der Waals surface area contributed by atoms with E-state index in [-0.39, 0.29) is 5.82 Å². The third kappa shape index (κ3) is 3.96. The van der Waals surface area contributed by atoms with E-state index in [1.807, 2.05) is 30.4 Å². The average molecular weight is 372 g/mol. The van der Waals surface area contributed by atoms with E-state index >= 15 is 0 Å². The molecule has 0 saturated carbocycles. The minimum absolute atomic E-state index is 0.248. The number of piperidine rings is 1. The first-order valence-electron chi connectivity index (χ1n) is 9.51. The summed E-state index contributed by atoms with van der Waals surface area (Å²) < 4.78 is 13.0. The van der Waals surface area contributed by atoms with E-state index in [2.05, 4.69) is 20.9 Å². The maximum atomic E-state index is 13.0. The van der Waals surface area contributed by atoms with E-state index in [9.17, 15) is 9.65 Å². The van der Waals surface area contributed by atoms with Gasteiger partial charge < -0.3 is 9.88 Å². The number of rotatable bonds is 4. The third-order valence-corrected chi connectivity index (χ3v) is 5.00. The first-order valence-corrected chi connectivity index (χ1v) is 9.51. The fourth-order valence-electron chi connectivity index (χ4n) is 3.51. The van der Waals surface area contributed by atoms with Gasteiger partial charge in [0.25, 0.3) is 0 Å². The summed E-state index contributed by atoms with van der Waals surface area (Å²) in [5.74, 6) is 0.666. The van der Waals surface area contributed by atoms with Crippen molar-refractivity contribution in [2.45, 2.75) is 19.3 Å². The van der Waals surface area contributed by atoms with E-state index < -0.39 is 0 Å². The summed E-state index contributed by atoms with van der Waals surface area (Å²) in [4.78, 5) is 10.1. The maximum Gasteiger partial charge on any atom is 0.124 e. The van der Waals surface area contributed by atoms with Crippen LogP contribution >= 0.6 is 0 Å². The lowest BCUT2D eigenvalue weighted by molar-refractivity contribution is 0.574. The van der Waals surface area contributed by atoms with Crippen molar-refractivity contribution in [3.05, 3.63) is 71.3 Å². The van der Waals surface area contributed by atoms with Crippen LogP contribution in [0.25, 0.3) is 23.4 Å². The summed E-state index contributed by atoms with van der Waals surface area (Å²) in [6.45, 7) is 1.97. The fraction of sp³-hybridized carbons (Fsp3) is 0.217. The Balaban J connectivity index is 1.59. The highest BCUT2D eigenvalue weighted by Gasteiger charge is 2.18. The quantitative estimate of drug-likeness (QED) is 0.681. The Bertz CT molecular complexity index is 1020. The van der Waals surface area contributed by atoms with E-state index in [0.29, 0.717) is 5.56 Å². The molecule has 0 radical (unpaired) electrons. The van der Waals surface area contributed by atoms with Crippen molar-refractivity contribution in [2.24, 2.45) is 0 Å². The first-order chi connectivity index (χ1) is 13.7. The van der Waals surface area contributed by atoms with Gasteiger partial charge in [-0.2, -0.15) is 5.26 Å². The van der Waals surface area contributed by atoms with Gasteiger partial charge in [-0.15, -0.1) is 0 Å². The number of aromatic amines is 1. The molecule has 4 nitrogen and oxygen atoms in total. The molecule has 0 bridgehead atoms. The standard InChI is InChI=1S/C23H21FN4/c24-20-7-4-17(5-8-20)6-9-21-14-18(10-11-26-21)22-15-19(16-25)23(27-22)28-12-2-1-3-13-28/h4-11,14-15,27H,1-3,12-13H2. The summed E-state index contributed by atoms with van der Waals surface area (Å²) in [6.07, 6.45) is 9.13. The van der Waals surface area contributed by atoms with Crippen LogP contribution in [0.2, 0.25) is 0 Å². The number of nitrogens with zero attached hydrogens (tertiary/aromatic N) is 3. The zero-order valence-corrected chi connectivity index (χ0v) is 15.5. The lowest BCUT2D eigenvalue weighted by Gasteiger charge is -2.27. The molecule has 3 heterocycles. The van der Waals surface area contributed by atoms with E-state index in [4.69, 9.17) is 0 Å². The van der Waals surface area contributed by atoms with Gasteiger partial charge >= 0.3 is 0 Å². The predicted molar refractivity (Wildman–Crippen MR) is 110 cm³/mol. The van der Waals surface area contributed by atoms with Crippen molar-refractivity contribution < 1.29 is 4.39 Å². The van der Waals surface area contributed by atoms with Gasteiger partial charge in [0.05, 0.1) is 11.3 Å². The van der Waals surface area contributed by atoms with Crippen LogP contribution in [0, 0.1) is 17.1 Å². The molecule has 0 aliphatic carbocycles.